The lowest BCUT2D eigenvalue weighted by Gasteiger charge is -2.22. The van der Waals surface area contributed by atoms with E-state index in [4.69, 9.17) is 18.9 Å². The van der Waals surface area contributed by atoms with E-state index in [0.717, 1.165) is 19.4 Å². The number of hydrogen-bond acceptors (Lipinski definition) is 13. The molecule has 0 fully saturated rings. The van der Waals surface area contributed by atoms with Gasteiger partial charge in [0.25, 0.3) is 11.0 Å². The van der Waals surface area contributed by atoms with Gasteiger partial charge < -0.3 is 29.1 Å². The number of nitrogens with zero attached hydrogens (tertiary/aromatic N) is 1. The van der Waals surface area contributed by atoms with Gasteiger partial charge >= 0.3 is 23.9 Å². The molecule has 238 valence electrons. The summed E-state index contributed by atoms with van der Waals surface area (Å²) in [4.78, 5) is 75.7. The van der Waals surface area contributed by atoms with Gasteiger partial charge in [-0.2, -0.15) is 11.8 Å². The topological polar surface area (TPSA) is 187 Å². The van der Waals surface area contributed by atoms with Crippen molar-refractivity contribution in [3.63, 3.8) is 0 Å². The molecule has 0 aromatic heterocycles. The first-order chi connectivity index (χ1) is 20.9. The minimum absolute atomic E-state index is 0.0202. The highest BCUT2D eigenvalue weighted by atomic mass is 32.2. The summed E-state index contributed by atoms with van der Waals surface area (Å²) in [6, 6.07) is 12.6. The van der Waals surface area contributed by atoms with Gasteiger partial charge in [-0.05, 0) is 36.1 Å². The number of benzene rings is 2. The minimum Gasteiger partial charge on any atom is -0.464 e. The fraction of sp³-hybridized carbons (Fsp3) is 0.414. The predicted octanol–water partition coefficient (Wildman–Crippen LogP) is 2.96. The highest BCUT2D eigenvalue weighted by Gasteiger charge is 2.29. The van der Waals surface area contributed by atoms with Gasteiger partial charge in [-0.1, -0.05) is 36.4 Å². The molecular weight excluding hydrogens is 600 g/mol. The normalized spacial score (nSPS) is 11.8. The zero-order valence-electron chi connectivity index (χ0n) is 24.5. The summed E-state index contributed by atoms with van der Waals surface area (Å²) in [6.45, 7) is 3.25. The average molecular weight is 635 g/mol. The summed E-state index contributed by atoms with van der Waals surface area (Å²) in [6.07, 6.45) is -0.989. The number of thioether (sulfide) groups is 1. The summed E-state index contributed by atoms with van der Waals surface area (Å²) in [5.74, 6) is -3.01. The smallest absolute Gasteiger partial charge is 0.329 e. The lowest BCUT2D eigenvalue weighted by atomic mass is 10.1. The maximum absolute atomic E-state index is 13.3. The molecule has 0 radical (unpaired) electrons. The van der Waals surface area contributed by atoms with Gasteiger partial charge in [0.2, 0.25) is 0 Å². The van der Waals surface area contributed by atoms with Crippen LogP contribution in [-0.2, 0) is 50.5 Å². The monoisotopic (exact) mass is 634 g/mol. The Balaban J connectivity index is 2.17. The van der Waals surface area contributed by atoms with E-state index in [0.29, 0.717) is 17.7 Å². The van der Waals surface area contributed by atoms with Crippen LogP contribution in [0.25, 0.3) is 0 Å². The Bertz CT molecular complexity index is 1300. The lowest BCUT2D eigenvalue weighted by molar-refractivity contribution is -0.757. The van der Waals surface area contributed by atoms with Crippen molar-refractivity contribution in [3.05, 3.63) is 69.8 Å². The Morgan fingerprint density at radius 2 is 1.52 bits per heavy atom. The molecule has 44 heavy (non-hydrogen) atoms. The van der Waals surface area contributed by atoms with E-state index in [-0.39, 0.29) is 43.3 Å². The van der Waals surface area contributed by atoms with Gasteiger partial charge in [-0.3, -0.25) is 19.2 Å². The van der Waals surface area contributed by atoms with Crippen molar-refractivity contribution in [1.82, 2.24) is 5.32 Å². The number of amides is 1. The third-order valence-electron chi connectivity index (χ3n) is 5.51. The number of nitrogens with one attached hydrogen (secondary N) is 1. The van der Waals surface area contributed by atoms with Crippen LogP contribution >= 0.6 is 11.8 Å². The van der Waals surface area contributed by atoms with Gasteiger partial charge in [0, 0.05) is 38.7 Å². The van der Waals surface area contributed by atoms with E-state index in [1.54, 1.807) is 0 Å². The van der Waals surface area contributed by atoms with Crippen molar-refractivity contribution in [2.45, 2.75) is 57.9 Å². The minimum atomic E-state index is -1.38. The average Bonchev–Trinajstić information content (AvgIpc) is 2.94. The van der Waals surface area contributed by atoms with Gasteiger partial charge in [0.05, 0.1) is 13.2 Å². The zero-order chi connectivity index (χ0) is 32.5. The Hall–Kier alpha value is -4.66. The highest BCUT2D eigenvalue weighted by Crippen LogP contribution is 2.29. The van der Waals surface area contributed by atoms with E-state index >= 15 is 0 Å². The molecule has 2 aromatic rings. The molecule has 0 aliphatic heterocycles. The molecule has 0 spiro atoms. The van der Waals surface area contributed by atoms with Crippen molar-refractivity contribution in [3.8, 4) is 11.5 Å². The lowest BCUT2D eigenvalue weighted by Crippen LogP contribution is -2.49. The van der Waals surface area contributed by atoms with Gasteiger partial charge in [0.15, 0.2) is 17.6 Å². The number of rotatable bonds is 18. The first-order valence-electron chi connectivity index (χ1n) is 13.5. The van der Waals surface area contributed by atoms with Gasteiger partial charge in [0.1, 0.15) is 6.04 Å². The summed E-state index contributed by atoms with van der Waals surface area (Å²) in [5, 5.41) is 12.0. The Labute approximate surface area is 257 Å². The quantitative estimate of drug-likeness (QED) is 0.0830. The van der Waals surface area contributed by atoms with E-state index in [1.165, 1.54) is 36.9 Å². The third kappa shape index (κ3) is 14.0. The molecule has 2 unspecified atom stereocenters. The number of carbonyl (C=O) groups excluding carboxylic acids is 5. The summed E-state index contributed by atoms with van der Waals surface area (Å²) < 4.78 is 20.8. The van der Waals surface area contributed by atoms with Crippen molar-refractivity contribution in [2.24, 2.45) is 0 Å². The molecular formula is C29H34N2O12S. The van der Waals surface area contributed by atoms with Crippen LogP contribution < -0.4 is 14.8 Å². The third-order valence-corrected chi connectivity index (χ3v) is 6.62. The van der Waals surface area contributed by atoms with Crippen molar-refractivity contribution in [1.29, 1.82) is 0 Å². The fourth-order valence-corrected chi connectivity index (χ4v) is 4.68. The molecule has 0 saturated heterocycles. The van der Waals surface area contributed by atoms with Crippen molar-refractivity contribution < 1.29 is 52.8 Å². The second-order valence-electron chi connectivity index (χ2n) is 9.26. The highest BCUT2D eigenvalue weighted by molar-refractivity contribution is 7.98. The SMILES string of the molecule is CC(=O)Oc1ccc(CC(OC(C)=O)C(=O)NC(CSCc2ccccc2)C(=O)OCCCCO[N+](=O)[O-])cc1OC(C)=O. The van der Waals surface area contributed by atoms with Crippen LogP contribution in [-0.4, -0.2) is 66.0 Å². The summed E-state index contributed by atoms with van der Waals surface area (Å²) in [7, 11) is 0. The van der Waals surface area contributed by atoms with E-state index in [2.05, 4.69) is 10.2 Å². The molecule has 14 nitrogen and oxygen atoms in total. The maximum atomic E-state index is 13.3. The Morgan fingerprint density at radius 1 is 0.864 bits per heavy atom. The predicted molar refractivity (Wildman–Crippen MR) is 156 cm³/mol. The fourth-order valence-electron chi connectivity index (χ4n) is 3.67. The molecule has 2 aromatic carbocycles. The van der Waals surface area contributed by atoms with E-state index in [1.807, 2.05) is 30.3 Å². The largest absolute Gasteiger partial charge is 0.464 e. The second kappa shape index (κ2) is 18.8. The number of hydrogen-bond donors (Lipinski definition) is 1. The molecule has 0 heterocycles. The Kier molecular flexibility index (Phi) is 15.2. The van der Waals surface area contributed by atoms with Crippen LogP contribution in [0.2, 0.25) is 0 Å². The van der Waals surface area contributed by atoms with Crippen LogP contribution in [0, 0.1) is 10.1 Å². The summed E-state index contributed by atoms with van der Waals surface area (Å²) >= 11 is 1.37. The molecule has 0 saturated carbocycles. The molecule has 1 amide bonds. The molecule has 15 heteroatoms. The summed E-state index contributed by atoms with van der Waals surface area (Å²) in [5.41, 5.74) is 1.40. The van der Waals surface area contributed by atoms with Gasteiger partial charge in [-0.25, -0.2) is 4.79 Å². The zero-order valence-corrected chi connectivity index (χ0v) is 25.3. The van der Waals surface area contributed by atoms with Crippen LogP contribution in [0.5, 0.6) is 11.5 Å². The van der Waals surface area contributed by atoms with E-state index in [9.17, 15) is 34.1 Å². The van der Waals surface area contributed by atoms with Crippen molar-refractivity contribution >= 4 is 41.5 Å². The Morgan fingerprint density at radius 3 is 2.16 bits per heavy atom. The second-order valence-corrected chi connectivity index (χ2v) is 10.3. The number of unbranched alkanes of at least 4 members (excludes halogenated alkanes) is 1. The first kappa shape index (κ1) is 35.5. The molecule has 0 bridgehead atoms. The van der Waals surface area contributed by atoms with Crippen molar-refractivity contribution in [2.75, 3.05) is 19.0 Å². The van der Waals surface area contributed by atoms with Gasteiger partial charge in [-0.15, -0.1) is 10.1 Å². The molecule has 0 aliphatic rings. The molecule has 1 N–H and O–H groups in total. The molecule has 0 aliphatic carbocycles. The number of ether oxygens (including phenoxy) is 4. The molecule has 2 atom stereocenters. The number of carbonyl (C=O) groups is 5. The number of esters is 4. The van der Waals surface area contributed by atoms with Crippen LogP contribution in [0.1, 0.15) is 44.7 Å². The first-order valence-corrected chi connectivity index (χ1v) is 14.6. The van der Waals surface area contributed by atoms with Crippen LogP contribution in [0.3, 0.4) is 0 Å². The molecule has 2 rings (SSSR count). The van der Waals surface area contributed by atoms with Crippen LogP contribution in [0.4, 0.5) is 0 Å². The maximum Gasteiger partial charge on any atom is 0.329 e. The van der Waals surface area contributed by atoms with E-state index < -0.39 is 47.0 Å². The standard InChI is InChI=1S/C29H34N2O12S/c1-19(32)41-25-12-11-23(15-26(25)42-20(2)33)16-27(43-21(3)34)28(35)30-24(18-44-17-22-9-5-4-6-10-22)29(36)39-13-7-8-14-40-31(37)38/h4-6,9-12,15,24,27H,7-8,13-14,16-18H2,1-3H3,(H,30,35). The van der Waals surface area contributed by atoms with Crippen LogP contribution in [0.15, 0.2) is 48.5 Å².